The molecule has 0 aliphatic heterocycles. The Morgan fingerprint density at radius 1 is 1.03 bits per heavy atom. The second kappa shape index (κ2) is 8.99. The number of halogens is 1. The fourth-order valence-corrected chi connectivity index (χ4v) is 5.02. The molecule has 0 saturated heterocycles. The summed E-state index contributed by atoms with van der Waals surface area (Å²) in [5.74, 6) is -0.149. The molecule has 7 nitrogen and oxygen atoms in total. The first-order chi connectivity index (χ1) is 16.8. The van der Waals surface area contributed by atoms with Gasteiger partial charge < -0.3 is 9.15 Å². The molecule has 0 amide bonds. The Balaban J connectivity index is 1.43. The quantitative estimate of drug-likeness (QED) is 0.237. The lowest BCUT2D eigenvalue weighted by molar-refractivity contribution is 0.0700. The molecule has 5 rings (SSSR count). The van der Waals surface area contributed by atoms with Crippen molar-refractivity contribution < 1.29 is 26.8 Å². The van der Waals surface area contributed by atoms with E-state index in [1.54, 1.807) is 13.0 Å². The van der Waals surface area contributed by atoms with Crippen molar-refractivity contribution in [3.8, 4) is 5.75 Å². The molecule has 0 saturated carbocycles. The first-order valence-corrected chi connectivity index (χ1v) is 12.5. The third-order valence-corrected chi connectivity index (χ3v) is 7.11. The Kier molecular flexibility index (Phi) is 5.86. The van der Waals surface area contributed by atoms with Crippen LogP contribution in [-0.2, 0) is 16.4 Å². The molecule has 1 N–H and O–H groups in total. The van der Waals surface area contributed by atoms with Crippen molar-refractivity contribution in [2.75, 3.05) is 0 Å². The van der Waals surface area contributed by atoms with Crippen molar-refractivity contribution in [1.82, 2.24) is 4.83 Å². The Labute approximate surface area is 201 Å². The molecule has 3 aromatic carbocycles. The van der Waals surface area contributed by atoms with Gasteiger partial charge >= 0.3 is 5.97 Å². The van der Waals surface area contributed by atoms with Gasteiger partial charge in [-0.2, -0.15) is 18.4 Å². The van der Waals surface area contributed by atoms with Crippen LogP contribution in [0.4, 0.5) is 4.39 Å². The number of fused-ring (bicyclic) bond motifs is 2. The zero-order chi connectivity index (χ0) is 24.6. The number of carbonyl (C=O) groups excluding carboxylic acids is 1. The Hall–Kier alpha value is -3.98. The molecule has 1 heterocycles. The van der Waals surface area contributed by atoms with Gasteiger partial charge in [-0.3, -0.25) is 0 Å². The van der Waals surface area contributed by atoms with Crippen LogP contribution in [0.1, 0.15) is 40.3 Å². The molecular weight excluding hydrogens is 471 g/mol. The number of nitrogens with zero attached hydrogens (tertiary/aromatic N) is 1. The molecule has 35 heavy (non-hydrogen) atoms. The zero-order valence-corrected chi connectivity index (χ0v) is 19.6. The summed E-state index contributed by atoms with van der Waals surface area (Å²) in [6.45, 7) is 1.72. The van der Waals surface area contributed by atoms with Crippen LogP contribution in [0.5, 0.6) is 5.75 Å². The summed E-state index contributed by atoms with van der Waals surface area (Å²) >= 11 is 0. The number of hydrogen-bond acceptors (Lipinski definition) is 6. The summed E-state index contributed by atoms with van der Waals surface area (Å²) in [6, 6.07) is 17.5. The Bertz CT molecular complexity index is 1570. The van der Waals surface area contributed by atoms with Crippen LogP contribution in [0.25, 0.3) is 10.8 Å². The van der Waals surface area contributed by atoms with E-state index in [4.69, 9.17) is 9.15 Å². The standard InChI is InChI=1S/C26H21FN2O5S/c1-16-24-21(28-29-35(31,32)19-14-12-18(27)13-15-19)9-5-11-23(24)33-25(16)26(30)34-22-10-4-7-17-6-2-3-8-20(17)22/h2-4,6-8,10,12-15,29H,5,9,11H2,1H3/b28-21+. The summed E-state index contributed by atoms with van der Waals surface area (Å²) in [7, 11) is -3.99. The van der Waals surface area contributed by atoms with E-state index in [2.05, 4.69) is 9.93 Å². The van der Waals surface area contributed by atoms with Crippen LogP contribution in [-0.4, -0.2) is 20.1 Å². The van der Waals surface area contributed by atoms with Gasteiger partial charge in [0.05, 0.1) is 10.6 Å². The molecule has 1 aromatic heterocycles. The highest BCUT2D eigenvalue weighted by Crippen LogP contribution is 2.32. The number of hydrogen-bond donors (Lipinski definition) is 1. The van der Waals surface area contributed by atoms with Crippen molar-refractivity contribution in [2.45, 2.75) is 31.1 Å². The number of aryl methyl sites for hydroxylation is 1. The topological polar surface area (TPSA) is 98.0 Å². The molecule has 1 aliphatic carbocycles. The van der Waals surface area contributed by atoms with Crippen LogP contribution in [0.2, 0.25) is 0 Å². The number of nitrogens with one attached hydrogen (secondary N) is 1. The van der Waals surface area contributed by atoms with Crippen LogP contribution in [0, 0.1) is 12.7 Å². The summed E-state index contributed by atoms with van der Waals surface area (Å²) < 4.78 is 49.8. The van der Waals surface area contributed by atoms with E-state index in [-0.39, 0.29) is 10.7 Å². The highest BCUT2D eigenvalue weighted by molar-refractivity contribution is 7.89. The maximum atomic E-state index is 13.2. The second-order valence-corrected chi connectivity index (χ2v) is 9.84. The third kappa shape index (κ3) is 4.42. The zero-order valence-electron chi connectivity index (χ0n) is 18.7. The molecule has 1 aliphatic rings. The molecule has 0 unspecified atom stereocenters. The summed E-state index contributed by atoms with van der Waals surface area (Å²) in [4.78, 5) is 15.1. The van der Waals surface area contributed by atoms with Gasteiger partial charge in [0.2, 0.25) is 5.76 Å². The minimum absolute atomic E-state index is 0.0546. The van der Waals surface area contributed by atoms with E-state index in [9.17, 15) is 17.6 Å². The number of sulfonamides is 1. The third-order valence-electron chi connectivity index (χ3n) is 5.89. The van der Waals surface area contributed by atoms with E-state index in [1.165, 1.54) is 0 Å². The predicted octanol–water partition coefficient (Wildman–Crippen LogP) is 5.12. The van der Waals surface area contributed by atoms with Gasteiger partial charge in [0.1, 0.15) is 17.3 Å². The smallest absolute Gasteiger partial charge is 0.379 e. The normalized spacial score (nSPS) is 14.6. The van der Waals surface area contributed by atoms with Gasteiger partial charge in [-0.25, -0.2) is 9.18 Å². The molecular formula is C26H21FN2O5S. The predicted molar refractivity (Wildman–Crippen MR) is 129 cm³/mol. The summed E-state index contributed by atoms with van der Waals surface area (Å²) in [5, 5.41) is 5.87. The molecule has 0 radical (unpaired) electrons. The lowest BCUT2D eigenvalue weighted by Crippen LogP contribution is -2.22. The maximum Gasteiger partial charge on any atom is 0.379 e. The number of rotatable bonds is 5. The number of esters is 1. The van der Waals surface area contributed by atoms with Crippen molar-refractivity contribution in [3.05, 3.63) is 95.2 Å². The molecule has 0 atom stereocenters. The van der Waals surface area contributed by atoms with Crippen molar-refractivity contribution >= 4 is 32.5 Å². The average molecular weight is 493 g/mol. The van der Waals surface area contributed by atoms with Gasteiger partial charge in [-0.15, -0.1) is 0 Å². The van der Waals surface area contributed by atoms with E-state index < -0.39 is 21.8 Å². The van der Waals surface area contributed by atoms with Crippen molar-refractivity contribution in [1.29, 1.82) is 0 Å². The minimum atomic E-state index is -3.99. The van der Waals surface area contributed by atoms with E-state index in [0.717, 1.165) is 35.0 Å². The molecule has 4 aromatic rings. The lowest BCUT2D eigenvalue weighted by Gasteiger charge is -2.14. The lowest BCUT2D eigenvalue weighted by atomic mass is 9.93. The number of hydrazone groups is 1. The average Bonchev–Trinajstić information content (AvgIpc) is 3.20. The van der Waals surface area contributed by atoms with E-state index in [0.29, 0.717) is 47.6 Å². The first-order valence-electron chi connectivity index (χ1n) is 11.0. The minimum Gasteiger partial charge on any atom is -0.453 e. The van der Waals surface area contributed by atoms with Gasteiger partial charge in [0.15, 0.2) is 0 Å². The van der Waals surface area contributed by atoms with Crippen LogP contribution < -0.4 is 9.57 Å². The number of ether oxygens (including phenoxy) is 1. The number of carbonyl (C=O) groups is 1. The second-order valence-electron chi connectivity index (χ2n) is 8.18. The monoisotopic (exact) mass is 492 g/mol. The molecule has 9 heteroatoms. The Morgan fingerprint density at radius 2 is 1.77 bits per heavy atom. The van der Waals surface area contributed by atoms with Gasteiger partial charge in [-0.1, -0.05) is 36.4 Å². The van der Waals surface area contributed by atoms with Crippen LogP contribution >= 0.6 is 0 Å². The van der Waals surface area contributed by atoms with E-state index in [1.807, 2.05) is 36.4 Å². The fourth-order valence-electron chi connectivity index (χ4n) is 4.19. The summed E-state index contributed by atoms with van der Waals surface area (Å²) in [5.41, 5.74) is 1.59. The molecule has 0 fully saturated rings. The Morgan fingerprint density at radius 3 is 2.57 bits per heavy atom. The summed E-state index contributed by atoms with van der Waals surface area (Å²) in [6.07, 6.45) is 1.76. The largest absolute Gasteiger partial charge is 0.453 e. The van der Waals surface area contributed by atoms with Crippen LogP contribution in [0.3, 0.4) is 0 Å². The maximum absolute atomic E-state index is 13.2. The number of furan rings is 1. The fraction of sp³-hybridized carbons (Fsp3) is 0.154. The van der Waals surface area contributed by atoms with Gasteiger partial charge in [-0.05, 0) is 55.5 Å². The van der Waals surface area contributed by atoms with E-state index >= 15 is 0 Å². The number of benzene rings is 3. The molecule has 0 spiro atoms. The highest BCUT2D eigenvalue weighted by atomic mass is 32.2. The van der Waals surface area contributed by atoms with Crippen molar-refractivity contribution in [2.24, 2.45) is 5.10 Å². The molecule has 0 bridgehead atoms. The SMILES string of the molecule is Cc1c(C(=O)Oc2cccc3ccccc23)oc2c1/C(=N/NS(=O)(=O)c1ccc(F)cc1)CCC2. The van der Waals surface area contributed by atoms with Crippen molar-refractivity contribution in [3.63, 3.8) is 0 Å². The first kappa shape index (κ1) is 22.8. The molecule has 178 valence electrons. The van der Waals surface area contributed by atoms with Gasteiger partial charge in [0.25, 0.3) is 10.0 Å². The van der Waals surface area contributed by atoms with Crippen LogP contribution in [0.15, 0.2) is 81.1 Å². The highest BCUT2D eigenvalue weighted by Gasteiger charge is 2.29. The van der Waals surface area contributed by atoms with Gasteiger partial charge in [0, 0.05) is 22.9 Å².